The summed E-state index contributed by atoms with van der Waals surface area (Å²) in [4.78, 5) is 10.0. The average molecular weight is 180 g/mol. The molecule has 0 N–H and O–H groups in total. The fourth-order valence-electron chi connectivity index (χ4n) is 1.07. The number of ether oxygens (including phenoxy) is 2. The predicted molar refractivity (Wildman–Crippen MR) is 49.3 cm³/mol. The summed E-state index contributed by atoms with van der Waals surface area (Å²) in [6, 6.07) is 5.42. The molecule has 0 aromatic heterocycles. The molecule has 0 fully saturated rings. The predicted octanol–water partition coefficient (Wildman–Crippen LogP) is 1.58. The quantitative estimate of drug-likeness (QED) is 0.660. The van der Waals surface area contributed by atoms with Crippen LogP contribution in [0.2, 0.25) is 0 Å². The van der Waals surface area contributed by atoms with E-state index >= 15 is 0 Å². The Morgan fingerprint density at radius 2 is 2.23 bits per heavy atom. The van der Waals surface area contributed by atoms with Crippen LogP contribution < -0.4 is 9.47 Å². The molecule has 3 nitrogen and oxygen atoms in total. The molecule has 0 amide bonds. The normalized spacial score (nSPS) is 9.38. The van der Waals surface area contributed by atoms with Gasteiger partial charge in [0.25, 0.3) is 0 Å². The number of aldehydes is 1. The van der Waals surface area contributed by atoms with Crippen molar-refractivity contribution >= 4 is 6.29 Å². The van der Waals surface area contributed by atoms with Crippen molar-refractivity contribution in [2.24, 2.45) is 0 Å². The largest absolute Gasteiger partial charge is 0.496 e. The molecule has 3 heteroatoms. The van der Waals surface area contributed by atoms with Gasteiger partial charge in [0.05, 0.1) is 7.11 Å². The van der Waals surface area contributed by atoms with Crippen LogP contribution in [-0.4, -0.2) is 20.0 Å². The number of hydrogen-bond donors (Lipinski definition) is 0. The maximum atomic E-state index is 10.0. The van der Waals surface area contributed by atoms with Crippen LogP contribution in [0.4, 0.5) is 0 Å². The minimum Gasteiger partial charge on any atom is -0.496 e. The van der Waals surface area contributed by atoms with E-state index in [0.717, 1.165) is 17.6 Å². The van der Waals surface area contributed by atoms with Crippen molar-refractivity contribution in [2.45, 2.75) is 6.92 Å². The second-order valence-corrected chi connectivity index (χ2v) is 2.61. The standard InChI is InChI=1S/C10H12O3/c1-8-7-9(13-6-5-11)3-4-10(8)12-2/h3-5,7H,6H2,1-2H3. The van der Waals surface area contributed by atoms with Crippen LogP contribution in [-0.2, 0) is 4.79 Å². The fraction of sp³-hybridized carbons (Fsp3) is 0.300. The molecule has 0 spiro atoms. The van der Waals surface area contributed by atoms with Gasteiger partial charge in [0.1, 0.15) is 18.1 Å². The highest BCUT2D eigenvalue weighted by atomic mass is 16.5. The Morgan fingerprint density at radius 1 is 1.46 bits per heavy atom. The monoisotopic (exact) mass is 180 g/mol. The zero-order valence-corrected chi connectivity index (χ0v) is 7.74. The van der Waals surface area contributed by atoms with Crippen molar-refractivity contribution in [1.29, 1.82) is 0 Å². The van der Waals surface area contributed by atoms with Gasteiger partial charge in [-0.15, -0.1) is 0 Å². The molecular weight excluding hydrogens is 168 g/mol. The second-order valence-electron chi connectivity index (χ2n) is 2.61. The summed E-state index contributed by atoms with van der Waals surface area (Å²) in [6.45, 7) is 2.01. The lowest BCUT2D eigenvalue weighted by atomic mass is 10.2. The van der Waals surface area contributed by atoms with E-state index in [2.05, 4.69) is 0 Å². The molecule has 0 aliphatic carbocycles. The van der Waals surface area contributed by atoms with E-state index in [1.807, 2.05) is 19.1 Å². The van der Waals surface area contributed by atoms with Crippen molar-refractivity contribution in [3.63, 3.8) is 0 Å². The zero-order valence-electron chi connectivity index (χ0n) is 7.74. The number of carbonyl (C=O) groups excluding carboxylic acids is 1. The first-order valence-corrected chi connectivity index (χ1v) is 3.99. The molecule has 1 aromatic carbocycles. The van der Waals surface area contributed by atoms with Gasteiger partial charge in [-0.2, -0.15) is 0 Å². The lowest BCUT2D eigenvalue weighted by Crippen LogP contribution is -1.98. The van der Waals surface area contributed by atoms with Gasteiger partial charge >= 0.3 is 0 Å². The van der Waals surface area contributed by atoms with Gasteiger partial charge in [-0.05, 0) is 30.7 Å². The number of carbonyl (C=O) groups is 1. The third-order valence-corrected chi connectivity index (χ3v) is 1.68. The van der Waals surface area contributed by atoms with E-state index in [1.54, 1.807) is 13.2 Å². The van der Waals surface area contributed by atoms with Crippen molar-refractivity contribution in [3.05, 3.63) is 23.8 Å². The van der Waals surface area contributed by atoms with Crippen LogP contribution in [0.1, 0.15) is 5.56 Å². The summed E-state index contributed by atoms with van der Waals surface area (Å²) in [5, 5.41) is 0. The van der Waals surface area contributed by atoms with E-state index < -0.39 is 0 Å². The van der Waals surface area contributed by atoms with Gasteiger partial charge in [0.15, 0.2) is 6.29 Å². The molecule has 0 radical (unpaired) electrons. The first-order valence-electron chi connectivity index (χ1n) is 3.99. The maximum absolute atomic E-state index is 10.0. The summed E-state index contributed by atoms with van der Waals surface area (Å²) in [5.41, 5.74) is 0.992. The molecule has 0 atom stereocenters. The molecule has 1 rings (SSSR count). The molecule has 0 saturated carbocycles. The SMILES string of the molecule is COc1ccc(OCC=O)cc1C. The summed E-state index contributed by atoms with van der Waals surface area (Å²) < 4.78 is 10.2. The molecule has 0 aliphatic rings. The highest BCUT2D eigenvalue weighted by molar-refractivity contribution is 5.51. The number of methoxy groups -OCH3 is 1. The van der Waals surface area contributed by atoms with Crippen LogP contribution in [0.15, 0.2) is 18.2 Å². The summed E-state index contributed by atoms with van der Waals surface area (Å²) in [5.74, 6) is 1.50. The highest BCUT2D eigenvalue weighted by Crippen LogP contribution is 2.22. The fourth-order valence-corrected chi connectivity index (χ4v) is 1.07. The smallest absolute Gasteiger partial charge is 0.157 e. The lowest BCUT2D eigenvalue weighted by molar-refractivity contribution is -0.109. The van der Waals surface area contributed by atoms with E-state index in [9.17, 15) is 4.79 Å². The molecule has 0 bridgehead atoms. The van der Waals surface area contributed by atoms with Crippen molar-refractivity contribution in [1.82, 2.24) is 0 Å². The molecule has 0 unspecified atom stereocenters. The zero-order chi connectivity index (χ0) is 9.68. The molecule has 13 heavy (non-hydrogen) atoms. The summed E-state index contributed by atoms with van der Waals surface area (Å²) >= 11 is 0. The number of aryl methyl sites for hydroxylation is 1. The van der Waals surface area contributed by atoms with E-state index in [-0.39, 0.29) is 6.61 Å². The number of benzene rings is 1. The minimum absolute atomic E-state index is 0.0891. The lowest BCUT2D eigenvalue weighted by Gasteiger charge is -2.06. The van der Waals surface area contributed by atoms with Crippen LogP contribution in [0.25, 0.3) is 0 Å². The van der Waals surface area contributed by atoms with Gasteiger partial charge in [-0.25, -0.2) is 0 Å². The summed E-state index contributed by atoms with van der Waals surface area (Å²) in [7, 11) is 1.62. The van der Waals surface area contributed by atoms with Gasteiger partial charge in [0, 0.05) is 0 Å². The van der Waals surface area contributed by atoms with Gasteiger partial charge in [-0.3, -0.25) is 4.79 Å². The third kappa shape index (κ3) is 2.47. The van der Waals surface area contributed by atoms with Crippen molar-refractivity contribution in [2.75, 3.05) is 13.7 Å². The van der Waals surface area contributed by atoms with Crippen molar-refractivity contribution < 1.29 is 14.3 Å². The molecule has 70 valence electrons. The molecule has 0 saturated heterocycles. The number of hydrogen-bond acceptors (Lipinski definition) is 3. The van der Waals surface area contributed by atoms with Crippen LogP contribution >= 0.6 is 0 Å². The first-order chi connectivity index (χ1) is 6.27. The Bertz CT molecular complexity index is 294. The Kier molecular flexibility index (Phi) is 3.31. The number of rotatable bonds is 4. The first kappa shape index (κ1) is 9.58. The molecular formula is C10H12O3. The maximum Gasteiger partial charge on any atom is 0.157 e. The Morgan fingerprint density at radius 3 is 2.77 bits per heavy atom. The minimum atomic E-state index is 0.0891. The van der Waals surface area contributed by atoms with Crippen LogP contribution in [0.3, 0.4) is 0 Å². The molecule has 0 heterocycles. The third-order valence-electron chi connectivity index (χ3n) is 1.68. The van der Waals surface area contributed by atoms with E-state index in [1.165, 1.54) is 0 Å². The summed E-state index contributed by atoms with van der Waals surface area (Å²) in [6.07, 6.45) is 0.722. The van der Waals surface area contributed by atoms with Crippen LogP contribution in [0, 0.1) is 6.92 Å². The highest BCUT2D eigenvalue weighted by Gasteiger charge is 1.99. The molecule has 1 aromatic rings. The Balaban J connectivity index is 2.76. The Hall–Kier alpha value is -1.51. The topological polar surface area (TPSA) is 35.5 Å². The van der Waals surface area contributed by atoms with Crippen LogP contribution in [0.5, 0.6) is 11.5 Å². The van der Waals surface area contributed by atoms with E-state index in [0.29, 0.717) is 5.75 Å². The molecule has 0 aliphatic heterocycles. The second kappa shape index (κ2) is 4.50. The Labute approximate surface area is 77.3 Å². The van der Waals surface area contributed by atoms with Crippen molar-refractivity contribution in [3.8, 4) is 11.5 Å². The average Bonchev–Trinajstić information content (AvgIpc) is 2.15. The van der Waals surface area contributed by atoms with Gasteiger partial charge in [-0.1, -0.05) is 0 Å². The van der Waals surface area contributed by atoms with Gasteiger partial charge in [0.2, 0.25) is 0 Å². The van der Waals surface area contributed by atoms with E-state index in [4.69, 9.17) is 9.47 Å². The van der Waals surface area contributed by atoms with Gasteiger partial charge < -0.3 is 9.47 Å².